The molecule has 12 heavy (non-hydrogen) atoms. The SMILES string of the molecule is CSc1cc(Br)ccc1NC=O. The normalized spacial score (nSPS) is 9.50. The highest BCUT2D eigenvalue weighted by atomic mass is 79.9. The van der Waals surface area contributed by atoms with Crippen molar-refractivity contribution in [2.24, 2.45) is 0 Å². The highest BCUT2D eigenvalue weighted by Gasteiger charge is 1.99. The van der Waals surface area contributed by atoms with Crippen LogP contribution in [0.2, 0.25) is 0 Å². The molecule has 0 aliphatic heterocycles. The summed E-state index contributed by atoms with van der Waals surface area (Å²) in [7, 11) is 0. The molecule has 0 radical (unpaired) electrons. The molecular formula is C8H8BrNOS. The average Bonchev–Trinajstić information content (AvgIpc) is 2.08. The summed E-state index contributed by atoms with van der Waals surface area (Å²) in [5.41, 5.74) is 0.848. The Morgan fingerprint density at radius 3 is 2.92 bits per heavy atom. The summed E-state index contributed by atoms with van der Waals surface area (Å²) in [6.45, 7) is 0. The summed E-state index contributed by atoms with van der Waals surface area (Å²) in [5, 5.41) is 2.63. The minimum absolute atomic E-state index is 0.683. The van der Waals surface area contributed by atoms with E-state index in [1.54, 1.807) is 11.8 Å². The molecule has 1 rings (SSSR count). The van der Waals surface area contributed by atoms with Crippen molar-refractivity contribution in [1.82, 2.24) is 0 Å². The highest BCUT2D eigenvalue weighted by Crippen LogP contribution is 2.28. The van der Waals surface area contributed by atoms with Gasteiger partial charge in [0.2, 0.25) is 6.41 Å². The zero-order valence-electron chi connectivity index (χ0n) is 6.50. The Morgan fingerprint density at radius 1 is 1.58 bits per heavy atom. The van der Waals surface area contributed by atoms with Gasteiger partial charge in [0.05, 0.1) is 5.69 Å². The Labute approximate surface area is 83.9 Å². The van der Waals surface area contributed by atoms with E-state index in [4.69, 9.17) is 0 Å². The van der Waals surface area contributed by atoms with Crippen molar-refractivity contribution in [3.8, 4) is 0 Å². The topological polar surface area (TPSA) is 29.1 Å². The van der Waals surface area contributed by atoms with Crippen molar-refractivity contribution in [2.75, 3.05) is 11.6 Å². The smallest absolute Gasteiger partial charge is 0.211 e. The summed E-state index contributed by atoms with van der Waals surface area (Å²) in [6, 6.07) is 5.73. The Kier molecular flexibility index (Phi) is 3.62. The van der Waals surface area contributed by atoms with Gasteiger partial charge in [-0.25, -0.2) is 0 Å². The van der Waals surface area contributed by atoms with E-state index in [9.17, 15) is 4.79 Å². The molecule has 2 nitrogen and oxygen atoms in total. The van der Waals surface area contributed by atoms with Crippen molar-refractivity contribution in [2.45, 2.75) is 4.90 Å². The first kappa shape index (κ1) is 9.61. The fourth-order valence-corrected chi connectivity index (χ4v) is 1.95. The third kappa shape index (κ3) is 2.25. The molecule has 0 unspecified atom stereocenters. The maximum Gasteiger partial charge on any atom is 0.211 e. The van der Waals surface area contributed by atoms with E-state index >= 15 is 0 Å². The quantitative estimate of drug-likeness (QED) is 0.656. The summed E-state index contributed by atoms with van der Waals surface area (Å²) in [4.78, 5) is 11.2. The molecule has 0 saturated heterocycles. The van der Waals surface area contributed by atoms with Crippen LogP contribution in [0.1, 0.15) is 0 Å². The van der Waals surface area contributed by atoms with Gasteiger partial charge in [0, 0.05) is 9.37 Å². The van der Waals surface area contributed by atoms with Gasteiger partial charge in [0.1, 0.15) is 0 Å². The molecule has 1 aromatic rings. The lowest BCUT2D eigenvalue weighted by Gasteiger charge is -2.05. The number of nitrogens with one attached hydrogen (secondary N) is 1. The summed E-state index contributed by atoms with van der Waals surface area (Å²) in [5.74, 6) is 0. The molecule has 1 N–H and O–H groups in total. The predicted octanol–water partition coefficient (Wildman–Crippen LogP) is 2.74. The molecule has 1 amide bonds. The number of halogens is 1. The minimum atomic E-state index is 0.683. The maximum absolute atomic E-state index is 10.2. The van der Waals surface area contributed by atoms with Crippen LogP contribution in [0.3, 0.4) is 0 Å². The van der Waals surface area contributed by atoms with Gasteiger partial charge in [0.15, 0.2) is 0 Å². The fraction of sp³-hybridized carbons (Fsp3) is 0.125. The number of benzene rings is 1. The monoisotopic (exact) mass is 245 g/mol. The summed E-state index contributed by atoms with van der Waals surface area (Å²) >= 11 is 4.96. The number of amides is 1. The molecule has 0 saturated carbocycles. The third-order valence-electron chi connectivity index (χ3n) is 1.38. The third-order valence-corrected chi connectivity index (χ3v) is 2.65. The second-order valence-corrected chi connectivity index (χ2v) is 3.87. The lowest BCUT2D eigenvalue weighted by molar-refractivity contribution is -0.105. The van der Waals surface area contributed by atoms with Crippen LogP contribution < -0.4 is 5.32 Å². The molecule has 4 heteroatoms. The van der Waals surface area contributed by atoms with Crippen molar-refractivity contribution in [3.63, 3.8) is 0 Å². The predicted molar refractivity (Wildman–Crippen MR) is 55.6 cm³/mol. The van der Waals surface area contributed by atoms with Gasteiger partial charge in [-0.15, -0.1) is 11.8 Å². The van der Waals surface area contributed by atoms with Crippen LogP contribution in [-0.2, 0) is 4.79 Å². The van der Waals surface area contributed by atoms with Crippen LogP contribution in [-0.4, -0.2) is 12.7 Å². The van der Waals surface area contributed by atoms with Gasteiger partial charge in [-0.1, -0.05) is 15.9 Å². The number of thioether (sulfide) groups is 1. The molecule has 0 fully saturated rings. The van der Waals surface area contributed by atoms with Crippen LogP contribution in [0.15, 0.2) is 27.6 Å². The zero-order chi connectivity index (χ0) is 8.97. The maximum atomic E-state index is 10.2. The van der Waals surface area contributed by atoms with Gasteiger partial charge in [0.25, 0.3) is 0 Å². The Bertz CT molecular complexity index is 290. The first-order valence-electron chi connectivity index (χ1n) is 3.31. The average molecular weight is 246 g/mol. The molecule has 64 valence electrons. The first-order chi connectivity index (χ1) is 5.77. The summed E-state index contributed by atoms with van der Waals surface area (Å²) < 4.78 is 1.02. The Hall–Kier alpha value is -0.480. The van der Waals surface area contributed by atoms with E-state index < -0.39 is 0 Å². The number of rotatable bonds is 3. The molecule has 0 aliphatic rings. The van der Waals surface area contributed by atoms with Crippen LogP contribution in [0.5, 0.6) is 0 Å². The number of anilines is 1. The van der Waals surface area contributed by atoms with Gasteiger partial charge >= 0.3 is 0 Å². The lowest BCUT2D eigenvalue weighted by Crippen LogP contribution is -1.94. The van der Waals surface area contributed by atoms with Crippen LogP contribution >= 0.6 is 27.7 Å². The Balaban J connectivity index is 3.01. The molecule has 0 spiro atoms. The van der Waals surface area contributed by atoms with Crippen LogP contribution in [0.4, 0.5) is 5.69 Å². The first-order valence-corrected chi connectivity index (χ1v) is 5.33. The molecule has 0 heterocycles. The zero-order valence-corrected chi connectivity index (χ0v) is 8.91. The van der Waals surface area contributed by atoms with Crippen LogP contribution in [0, 0.1) is 0 Å². The number of hydrogen-bond acceptors (Lipinski definition) is 2. The Morgan fingerprint density at radius 2 is 2.33 bits per heavy atom. The standard InChI is InChI=1S/C8H8BrNOS/c1-12-8-4-6(9)2-3-7(8)10-5-11/h2-5H,1H3,(H,10,11). The van der Waals surface area contributed by atoms with Crippen molar-refractivity contribution in [1.29, 1.82) is 0 Å². The molecule has 0 aliphatic carbocycles. The minimum Gasteiger partial charge on any atom is -0.328 e. The van der Waals surface area contributed by atoms with E-state index in [0.29, 0.717) is 6.41 Å². The number of carbonyl (C=O) groups excluding carboxylic acids is 1. The lowest BCUT2D eigenvalue weighted by atomic mass is 10.3. The highest BCUT2D eigenvalue weighted by molar-refractivity contribution is 9.10. The van der Waals surface area contributed by atoms with Gasteiger partial charge in [-0.2, -0.15) is 0 Å². The van der Waals surface area contributed by atoms with E-state index in [-0.39, 0.29) is 0 Å². The van der Waals surface area contributed by atoms with E-state index in [0.717, 1.165) is 15.1 Å². The molecule has 1 aromatic carbocycles. The largest absolute Gasteiger partial charge is 0.328 e. The van der Waals surface area contributed by atoms with E-state index in [1.807, 2.05) is 24.5 Å². The van der Waals surface area contributed by atoms with Gasteiger partial charge < -0.3 is 5.32 Å². The number of hydrogen-bond donors (Lipinski definition) is 1. The second kappa shape index (κ2) is 4.52. The fourth-order valence-electron chi connectivity index (χ4n) is 0.848. The molecule has 0 atom stereocenters. The van der Waals surface area contributed by atoms with Gasteiger partial charge in [-0.3, -0.25) is 4.79 Å². The number of carbonyl (C=O) groups is 1. The van der Waals surface area contributed by atoms with Crippen molar-refractivity contribution in [3.05, 3.63) is 22.7 Å². The van der Waals surface area contributed by atoms with E-state index in [2.05, 4.69) is 21.2 Å². The van der Waals surface area contributed by atoms with Gasteiger partial charge in [-0.05, 0) is 24.5 Å². The van der Waals surface area contributed by atoms with Crippen LogP contribution in [0.25, 0.3) is 0 Å². The van der Waals surface area contributed by atoms with E-state index in [1.165, 1.54) is 0 Å². The van der Waals surface area contributed by atoms with Crippen molar-refractivity contribution >= 4 is 39.8 Å². The second-order valence-electron chi connectivity index (χ2n) is 2.11. The summed E-state index contributed by atoms with van der Waals surface area (Å²) in [6.07, 6.45) is 2.65. The molecule has 0 aromatic heterocycles. The molecule has 0 bridgehead atoms. The molecular weight excluding hydrogens is 238 g/mol. The van der Waals surface area contributed by atoms with Crippen molar-refractivity contribution < 1.29 is 4.79 Å².